The van der Waals surface area contributed by atoms with Gasteiger partial charge in [0, 0.05) is 12.5 Å². The Labute approximate surface area is 216 Å². The van der Waals surface area contributed by atoms with Crippen molar-refractivity contribution >= 4 is 29.3 Å². The maximum Gasteiger partial charge on any atom is 0.407 e. The Hall–Kier alpha value is -3.35. The number of carbonyl (C=O) groups excluding carboxylic acids is 3. The van der Waals surface area contributed by atoms with E-state index in [1.807, 2.05) is 26.8 Å². The largest absolute Gasteiger partial charge is 0.444 e. The highest BCUT2D eigenvalue weighted by atomic mass is 16.6. The summed E-state index contributed by atoms with van der Waals surface area (Å²) in [6, 6.07) is 6.53. The van der Waals surface area contributed by atoms with E-state index in [-0.39, 0.29) is 23.7 Å². The average Bonchev–Trinajstić information content (AvgIpc) is 2.72. The number of alkyl carbamates (subject to hydrolysis) is 1. The van der Waals surface area contributed by atoms with E-state index in [0.29, 0.717) is 17.8 Å². The summed E-state index contributed by atoms with van der Waals surface area (Å²) in [5.74, 6) is -1.05. The standard InChI is InChI=1S/C29H43N3O4/c1-10-14-20(3)18-29(8,9)19-25(33)30-23-16-12-13-17-24(23)31-26(34)21(4)22(15-11-2)32-27(35)36-28(5,6)7/h10-13,16-18,21-22H,1-2,14-15,19H2,3-9H3,(H,30,33)(H,31,34)(H,32,35)/b20-18+. The Kier molecular flexibility index (Phi) is 11.6. The summed E-state index contributed by atoms with van der Waals surface area (Å²) in [5.41, 5.74) is 1.15. The quantitative estimate of drug-likeness (QED) is 0.283. The SMILES string of the molecule is C=CC/C(C)=C/C(C)(C)CC(=O)Nc1ccccc1NC(=O)C(C)C(CC=C)NC(=O)OC(C)(C)C. The van der Waals surface area contributed by atoms with Gasteiger partial charge < -0.3 is 20.7 Å². The van der Waals surface area contributed by atoms with Crippen molar-refractivity contribution in [1.29, 1.82) is 0 Å². The van der Waals surface area contributed by atoms with Crippen LogP contribution in [0.25, 0.3) is 0 Å². The maximum atomic E-state index is 13.1. The third-order valence-corrected chi connectivity index (χ3v) is 5.32. The molecule has 0 spiro atoms. The highest BCUT2D eigenvalue weighted by Crippen LogP contribution is 2.28. The summed E-state index contributed by atoms with van der Waals surface area (Å²) in [6.07, 6.45) is 6.41. The fourth-order valence-corrected chi connectivity index (χ4v) is 3.77. The zero-order valence-corrected chi connectivity index (χ0v) is 22.9. The van der Waals surface area contributed by atoms with Crippen molar-refractivity contribution in [3.05, 3.63) is 61.2 Å². The molecule has 3 N–H and O–H groups in total. The number of rotatable bonds is 12. The van der Waals surface area contributed by atoms with Crippen LogP contribution >= 0.6 is 0 Å². The van der Waals surface area contributed by atoms with Gasteiger partial charge in [-0.2, -0.15) is 0 Å². The van der Waals surface area contributed by atoms with Crippen LogP contribution in [-0.2, 0) is 14.3 Å². The smallest absolute Gasteiger partial charge is 0.407 e. The molecule has 0 bridgehead atoms. The molecule has 198 valence electrons. The van der Waals surface area contributed by atoms with E-state index in [2.05, 4.69) is 35.2 Å². The highest BCUT2D eigenvalue weighted by molar-refractivity contribution is 6.00. The number of ether oxygens (including phenoxy) is 1. The van der Waals surface area contributed by atoms with Gasteiger partial charge in [-0.15, -0.1) is 13.2 Å². The molecule has 2 unspecified atom stereocenters. The number of hydrogen-bond donors (Lipinski definition) is 3. The van der Waals surface area contributed by atoms with Gasteiger partial charge in [-0.25, -0.2) is 4.79 Å². The minimum Gasteiger partial charge on any atom is -0.444 e. The first-order valence-electron chi connectivity index (χ1n) is 12.3. The molecule has 1 aromatic rings. The summed E-state index contributed by atoms with van der Waals surface area (Å²) in [4.78, 5) is 38.2. The highest BCUT2D eigenvalue weighted by Gasteiger charge is 2.28. The zero-order chi connectivity index (χ0) is 27.5. The van der Waals surface area contributed by atoms with Crippen molar-refractivity contribution in [2.45, 2.75) is 79.4 Å². The molecule has 7 nitrogen and oxygen atoms in total. The Morgan fingerprint density at radius 2 is 1.58 bits per heavy atom. The normalized spacial score (nSPS) is 13.7. The first kappa shape index (κ1) is 30.7. The lowest BCUT2D eigenvalue weighted by Crippen LogP contribution is -2.45. The first-order valence-corrected chi connectivity index (χ1v) is 12.3. The Morgan fingerprint density at radius 1 is 1.00 bits per heavy atom. The van der Waals surface area contributed by atoms with Crippen LogP contribution < -0.4 is 16.0 Å². The summed E-state index contributed by atoms with van der Waals surface area (Å²) < 4.78 is 5.33. The molecule has 0 fully saturated rings. The van der Waals surface area contributed by atoms with Crippen molar-refractivity contribution in [2.75, 3.05) is 10.6 Å². The molecule has 0 aromatic heterocycles. The summed E-state index contributed by atoms with van der Waals surface area (Å²) in [7, 11) is 0. The number of hydrogen-bond acceptors (Lipinski definition) is 4. The van der Waals surface area contributed by atoms with Crippen molar-refractivity contribution in [3.63, 3.8) is 0 Å². The van der Waals surface area contributed by atoms with E-state index in [9.17, 15) is 14.4 Å². The molecule has 0 aliphatic heterocycles. The third-order valence-electron chi connectivity index (χ3n) is 5.32. The van der Waals surface area contributed by atoms with Crippen molar-refractivity contribution in [2.24, 2.45) is 11.3 Å². The fraction of sp³-hybridized carbons (Fsp3) is 0.483. The number of allylic oxidation sites excluding steroid dienone is 3. The summed E-state index contributed by atoms with van der Waals surface area (Å²) in [6.45, 7) is 20.6. The topological polar surface area (TPSA) is 96.5 Å². The van der Waals surface area contributed by atoms with Crippen LogP contribution in [0.15, 0.2) is 61.2 Å². The number of benzene rings is 1. The minimum atomic E-state index is -0.653. The number of anilines is 2. The third kappa shape index (κ3) is 11.4. The van der Waals surface area contributed by atoms with E-state index in [0.717, 1.165) is 12.0 Å². The molecule has 0 saturated carbocycles. The van der Waals surface area contributed by atoms with Crippen molar-refractivity contribution in [3.8, 4) is 0 Å². The molecule has 0 aliphatic rings. The van der Waals surface area contributed by atoms with E-state index in [1.54, 1.807) is 58.0 Å². The van der Waals surface area contributed by atoms with Gasteiger partial charge in [-0.1, -0.05) is 56.7 Å². The van der Waals surface area contributed by atoms with Gasteiger partial charge in [-0.05, 0) is 58.1 Å². The average molecular weight is 498 g/mol. The first-order chi connectivity index (χ1) is 16.7. The molecule has 7 heteroatoms. The molecule has 0 heterocycles. The Balaban J connectivity index is 2.93. The molecule has 1 aromatic carbocycles. The van der Waals surface area contributed by atoms with Gasteiger partial charge in [0.15, 0.2) is 0 Å². The van der Waals surface area contributed by atoms with Crippen molar-refractivity contribution in [1.82, 2.24) is 5.32 Å². The molecular formula is C29H43N3O4. The molecule has 1 rings (SSSR count). The minimum absolute atomic E-state index is 0.159. The van der Waals surface area contributed by atoms with Gasteiger partial charge in [-0.3, -0.25) is 9.59 Å². The summed E-state index contributed by atoms with van der Waals surface area (Å²) in [5, 5.41) is 8.57. The second-order valence-electron chi connectivity index (χ2n) is 10.8. The molecule has 0 radical (unpaired) electrons. The summed E-state index contributed by atoms with van der Waals surface area (Å²) >= 11 is 0. The molecule has 0 aliphatic carbocycles. The number of carbonyl (C=O) groups is 3. The lowest BCUT2D eigenvalue weighted by Gasteiger charge is -2.26. The molecule has 36 heavy (non-hydrogen) atoms. The zero-order valence-electron chi connectivity index (χ0n) is 22.9. The fourth-order valence-electron chi connectivity index (χ4n) is 3.77. The lowest BCUT2D eigenvalue weighted by atomic mass is 9.86. The van der Waals surface area contributed by atoms with Crippen LogP contribution in [0.3, 0.4) is 0 Å². The molecule has 2 atom stereocenters. The number of para-hydroxylation sites is 2. The van der Waals surface area contributed by atoms with Crippen LogP contribution in [0.4, 0.5) is 16.2 Å². The molecular weight excluding hydrogens is 454 g/mol. The lowest BCUT2D eigenvalue weighted by molar-refractivity contribution is -0.120. The predicted octanol–water partition coefficient (Wildman–Crippen LogP) is 6.61. The van der Waals surface area contributed by atoms with Crippen LogP contribution in [0.2, 0.25) is 0 Å². The Morgan fingerprint density at radius 3 is 2.11 bits per heavy atom. The molecule has 3 amide bonds. The van der Waals surface area contributed by atoms with Crippen LogP contribution in [0, 0.1) is 11.3 Å². The van der Waals surface area contributed by atoms with Gasteiger partial charge in [0.25, 0.3) is 0 Å². The number of amides is 3. The van der Waals surface area contributed by atoms with Gasteiger partial charge >= 0.3 is 6.09 Å². The Bertz CT molecular complexity index is 973. The maximum absolute atomic E-state index is 13.1. The van der Waals surface area contributed by atoms with Crippen LogP contribution in [0.1, 0.15) is 67.7 Å². The second kappa shape index (κ2) is 13.7. The van der Waals surface area contributed by atoms with E-state index < -0.39 is 23.7 Å². The van der Waals surface area contributed by atoms with E-state index >= 15 is 0 Å². The monoisotopic (exact) mass is 497 g/mol. The van der Waals surface area contributed by atoms with Gasteiger partial charge in [0.05, 0.1) is 17.3 Å². The predicted molar refractivity (Wildman–Crippen MR) is 148 cm³/mol. The van der Waals surface area contributed by atoms with E-state index in [4.69, 9.17) is 4.74 Å². The van der Waals surface area contributed by atoms with Crippen LogP contribution in [-0.4, -0.2) is 29.6 Å². The van der Waals surface area contributed by atoms with Gasteiger partial charge in [0.2, 0.25) is 11.8 Å². The van der Waals surface area contributed by atoms with Gasteiger partial charge in [0.1, 0.15) is 5.60 Å². The van der Waals surface area contributed by atoms with E-state index in [1.165, 1.54) is 0 Å². The number of nitrogens with one attached hydrogen (secondary N) is 3. The van der Waals surface area contributed by atoms with Crippen molar-refractivity contribution < 1.29 is 19.1 Å². The molecule has 0 saturated heterocycles. The van der Waals surface area contributed by atoms with Crippen LogP contribution in [0.5, 0.6) is 0 Å². The second-order valence-corrected chi connectivity index (χ2v) is 10.8.